The van der Waals surface area contributed by atoms with E-state index >= 15 is 0 Å². The second-order valence-electron chi connectivity index (χ2n) is 7.51. The first-order valence-corrected chi connectivity index (χ1v) is 10.5. The van der Waals surface area contributed by atoms with Gasteiger partial charge in [0.1, 0.15) is 12.4 Å². The lowest BCUT2D eigenvalue weighted by Crippen LogP contribution is -2.39. The molecule has 0 aliphatic carbocycles. The van der Waals surface area contributed by atoms with Crippen LogP contribution in [0.5, 0.6) is 5.75 Å². The van der Waals surface area contributed by atoms with Crippen LogP contribution in [0, 0.1) is 0 Å². The fourth-order valence-electron chi connectivity index (χ4n) is 3.75. The van der Waals surface area contributed by atoms with E-state index in [1.165, 1.54) is 0 Å². The standard InChI is InChI=1S/C24H20Cl2N2O3/c1-24(18-9-5-6-10-21(18)31-14-16-7-3-2-4-8-16)15-28(27-22(24)23(29)30)20-12-11-17(25)13-19(20)26/h2-13H,14-15H2,1H3,(H,29,30). The fraction of sp³-hybridized carbons (Fsp3) is 0.167. The number of carboxylic acid groups (broad SMARTS) is 1. The van der Waals surface area contributed by atoms with Crippen molar-refractivity contribution in [1.82, 2.24) is 0 Å². The third-order valence-electron chi connectivity index (χ3n) is 5.32. The monoisotopic (exact) mass is 454 g/mol. The summed E-state index contributed by atoms with van der Waals surface area (Å²) in [5.74, 6) is -0.472. The summed E-state index contributed by atoms with van der Waals surface area (Å²) in [6.07, 6.45) is 0. The quantitative estimate of drug-likeness (QED) is 0.511. The Bertz CT molecular complexity index is 1150. The third kappa shape index (κ3) is 4.24. The van der Waals surface area contributed by atoms with Crippen LogP contribution < -0.4 is 9.75 Å². The molecule has 0 spiro atoms. The van der Waals surface area contributed by atoms with Crippen LogP contribution in [-0.2, 0) is 16.8 Å². The molecule has 1 atom stereocenters. The molecule has 1 aliphatic heterocycles. The van der Waals surface area contributed by atoms with E-state index in [2.05, 4.69) is 5.10 Å². The molecule has 1 N–H and O–H groups in total. The highest BCUT2D eigenvalue weighted by Gasteiger charge is 2.46. The van der Waals surface area contributed by atoms with E-state index in [1.807, 2.05) is 61.5 Å². The molecule has 3 aromatic rings. The average molecular weight is 455 g/mol. The zero-order valence-corrected chi connectivity index (χ0v) is 18.3. The Morgan fingerprint density at radius 3 is 2.52 bits per heavy atom. The van der Waals surface area contributed by atoms with Crippen molar-refractivity contribution < 1.29 is 14.6 Å². The van der Waals surface area contributed by atoms with Crippen molar-refractivity contribution in [3.63, 3.8) is 0 Å². The van der Waals surface area contributed by atoms with Crippen LogP contribution >= 0.6 is 23.2 Å². The van der Waals surface area contributed by atoms with Crippen molar-refractivity contribution in [3.05, 3.63) is 94.0 Å². The summed E-state index contributed by atoms with van der Waals surface area (Å²) < 4.78 is 6.10. The number of carbonyl (C=O) groups is 1. The Morgan fingerprint density at radius 2 is 1.81 bits per heavy atom. The molecule has 0 aromatic heterocycles. The van der Waals surface area contributed by atoms with E-state index in [4.69, 9.17) is 27.9 Å². The summed E-state index contributed by atoms with van der Waals surface area (Å²) in [5.41, 5.74) is 1.47. The molecule has 0 bridgehead atoms. The van der Waals surface area contributed by atoms with Gasteiger partial charge in [0.2, 0.25) is 0 Å². The molecule has 0 fully saturated rings. The first kappa shape index (κ1) is 21.2. The first-order chi connectivity index (χ1) is 14.9. The smallest absolute Gasteiger partial charge is 0.353 e. The van der Waals surface area contributed by atoms with Gasteiger partial charge < -0.3 is 9.84 Å². The summed E-state index contributed by atoms with van der Waals surface area (Å²) in [6, 6.07) is 22.3. The molecule has 0 saturated carbocycles. The van der Waals surface area contributed by atoms with Gasteiger partial charge in [-0.05, 0) is 36.8 Å². The van der Waals surface area contributed by atoms with Gasteiger partial charge in [-0.1, -0.05) is 71.7 Å². The van der Waals surface area contributed by atoms with E-state index in [0.717, 1.165) is 11.1 Å². The average Bonchev–Trinajstić information content (AvgIpc) is 3.12. The lowest BCUT2D eigenvalue weighted by molar-refractivity contribution is -0.129. The van der Waals surface area contributed by atoms with Crippen molar-refractivity contribution in [2.75, 3.05) is 11.6 Å². The van der Waals surface area contributed by atoms with Crippen molar-refractivity contribution in [2.45, 2.75) is 18.9 Å². The lowest BCUT2D eigenvalue weighted by atomic mass is 9.78. The van der Waals surface area contributed by atoms with Crippen molar-refractivity contribution in [3.8, 4) is 5.75 Å². The largest absolute Gasteiger partial charge is 0.489 e. The van der Waals surface area contributed by atoms with Gasteiger partial charge in [-0.2, -0.15) is 5.10 Å². The number of nitrogens with zero attached hydrogens (tertiary/aromatic N) is 2. The number of hydrazone groups is 1. The number of aliphatic carboxylic acids is 1. The minimum absolute atomic E-state index is 0.0225. The SMILES string of the molecule is CC1(c2ccccc2OCc2ccccc2)CN(c2ccc(Cl)cc2Cl)N=C1C(=O)O. The van der Waals surface area contributed by atoms with Crippen molar-refractivity contribution >= 4 is 40.6 Å². The normalized spacial score (nSPS) is 18.0. The van der Waals surface area contributed by atoms with Gasteiger partial charge in [-0.25, -0.2) is 4.79 Å². The zero-order valence-electron chi connectivity index (χ0n) is 16.8. The molecule has 0 saturated heterocycles. The van der Waals surface area contributed by atoms with Gasteiger partial charge >= 0.3 is 5.97 Å². The lowest BCUT2D eigenvalue weighted by Gasteiger charge is -2.28. The number of para-hydroxylation sites is 1. The van der Waals surface area contributed by atoms with E-state index in [-0.39, 0.29) is 5.71 Å². The Hall–Kier alpha value is -3.02. The summed E-state index contributed by atoms with van der Waals surface area (Å²) in [7, 11) is 0. The number of anilines is 1. The number of halogens is 2. The zero-order chi connectivity index (χ0) is 22.0. The van der Waals surface area contributed by atoms with Gasteiger partial charge in [0.15, 0.2) is 5.71 Å². The fourth-order valence-corrected chi connectivity index (χ4v) is 4.25. The minimum atomic E-state index is -1.09. The second-order valence-corrected chi connectivity index (χ2v) is 8.35. The molecule has 0 amide bonds. The maximum atomic E-state index is 12.1. The van der Waals surface area contributed by atoms with Crippen LogP contribution in [0.25, 0.3) is 0 Å². The van der Waals surface area contributed by atoms with Crippen LogP contribution in [0.2, 0.25) is 10.0 Å². The highest BCUT2D eigenvalue weighted by molar-refractivity contribution is 6.41. The van der Waals surface area contributed by atoms with Gasteiger partial charge in [0.05, 0.1) is 22.7 Å². The molecule has 1 aliphatic rings. The van der Waals surface area contributed by atoms with Crippen LogP contribution in [0.4, 0.5) is 5.69 Å². The van der Waals surface area contributed by atoms with Crippen molar-refractivity contribution in [1.29, 1.82) is 0 Å². The van der Waals surface area contributed by atoms with E-state index in [0.29, 0.717) is 34.6 Å². The van der Waals surface area contributed by atoms with E-state index in [1.54, 1.807) is 23.2 Å². The highest BCUT2D eigenvalue weighted by Crippen LogP contribution is 2.41. The highest BCUT2D eigenvalue weighted by atomic mass is 35.5. The minimum Gasteiger partial charge on any atom is -0.489 e. The van der Waals surface area contributed by atoms with Gasteiger partial charge in [0.25, 0.3) is 0 Å². The number of ether oxygens (including phenoxy) is 1. The van der Waals surface area contributed by atoms with E-state index < -0.39 is 11.4 Å². The molecule has 7 heteroatoms. The Morgan fingerprint density at radius 1 is 1.10 bits per heavy atom. The summed E-state index contributed by atoms with van der Waals surface area (Å²) in [4.78, 5) is 12.1. The van der Waals surface area contributed by atoms with Crippen LogP contribution in [-0.4, -0.2) is 23.3 Å². The van der Waals surface area contributed by atoms with E-state index in [9.17, 15) is 9.90 Å². The van der Waals surface area contributed by atoms with Crippen LogP contribution in [0.3, 0.4) is 0 Å². The second kappa shape index (κ2) is 8.61. The first-order valence-electron chi connectivity index (χ1n) is 9.70. The molecule has 1 unspecified atom stereocenters. The van der Waals surface area contributed by atoms with Crippen LogP contribution in [0.1, 0.15) is 18.1 Å². The number of hydrogen-bond donors (Lipinski definition) is 1. The summed E-state index contributed by atoms with van der Waals surface area (Å²) >= 11 is 12.4. The Labute approximate surface area is 190 Å². The predicted octanol–water partition coefficient (Wildman–Crippen LogP) is 5.79. The predicted molar refractivity (Wildman–Crippen MR) is 123 cm³/mol. The maximum absolute atomic E-state index is 12.1. The molecular weight excluding hydrogens is 435 g/mol. The Balaban J connectivity index is 1.69. The van der Waals surface area contributed by atoms with Crippen molar-refractivity contribution in [2.24, 2.45) is 5.10 Å². The van der Waals surface area contributed by atoms with Crippen LogP contribution in [0.15, 0.2) is 77.9 Å². The summed E-state index contributed by atoms with van der Waals surface area (Å²) in [6.45, 7) is 2.52. The molecule has 4 rings (SSSR count). The number of rotatable bonds is 6. The third-order valence-corrected chi connectivity index (χ3v) is 5.86. The molecule has 0 radical (unpaired) electrons. The molecule has 31 heavy (non-hydrogen) atoms. The number of carboxylic acids is 1. The van der Waals surface area contributed by atoms with Gasteiger partial charge in [-0.3, -0.25) is 5.01 Å². The molecule has 5 nitrogen and oxygen atoms in total. The number of hydrogen-bond acceptors (Lipinski definition) is 4. The molecule has 3 aromatic carbocycles. The Kier molecular flexibility index (Phi) is 5.90. The maximum Gasteiger partial charge on any atom is 0.353 e. The topological polar surface area (TPSA) is 62.1 Å². The molecule has 1 heterocycles. The molecular formula is C24H20Cl2N2O3. The summed E-state index contributed by atoms with van der Waals surface area (Å²) in [5, 5.41) is 16.8. The number of benzene rings is 3. The molecule has 158 valence electrons. The van der Waals surface area contributed by atoms with Gasteiger partial charge in [-0.15, -0.1) is 0 Å². The van der Waals surface area contributed by atoms with Gasteiger partial charge in [0, 0.05) is 10.6 Å².